The highest BCUT2D eigenvalue weighted by molar-refractivity contribution is 7.21. The summed E-state index contributed by atoms with van der Waals surface area (Å²) in [7, 11) is 0. The summed E-state index contributed by atoms with van der Waals surface area (Å²) in [5, 5.41) is 6.30. The number of carbonyl (C=O) groups excluding carboxylic acids is 2. The van der Waals surface area contributed by atoms with Gasteiger partial charge in [0.15, 0.2) is 5.01 Å². The van der Waals surface area contributed by atoms with Gasteiger partial charge in [0, 0.05) is 54.9 Å². The topological polar surface area (TPSA) is 78.4 Å². The average molecular weight is 476 g/mol. The van der Waals surface area contributed by atoms with Gasteiger partial charge in [0.05, 0.1) is 16.3 Å². The minimum Gasteiger partial charge on any atom is -0.345 e. The van der Waals surface area contributed by atoms with Gasteiger partial charge in [-0.15, -0.1) is 22.7 Å². The first kappa shape index (κ1) is 20.5. The second-order valence-corrected chi connectivity index (χ2v) is 10.3. The lowest BCUT2D eigenvalue weighted by molar-refractivity contribution is -0.00940. The zero-order valence-electron chi connectivity index (χ0n) is 17.7. The Morgan fingerprint density at radius 2 is 1.85 bits per heavy atom. The zero-order valence-corrected chi connectivity index (χ0v) is 19.3. The molecular weight excluding hydrogens is 454 g/mol. The van der Waals surface area contributed by atoms with Crippen LogP contribution in [0.15, 0.2) is 60.1 Å². The minimum absolute atomic E-state index is 0.0666. The molecule has 2 aliphatic rings. The van der Waals surface area contributed by atoms with Gasteiger partial charge in [-0.1, -0.05) is 30.3 Å². The van der Waals surface area contributed by atoms with E-state index < -0.39 is 0 Å². The highest BCUT2D eigenvalue weighted by Crippen LogP contribution is 2.31. The first-order valence-electron chi connectivity index (χ1n) is 10.8. The van der Waals surface area contributed by atoms with Crippen molar-refractivity contribution < 1.29 is 9.59 Å². The van der Waals surface area contributed by atoms with Crippen LogP contribution in [0.1, 0.15) is 20.2 Å². The Balaban J connectivity index is 1.04. The fourth-order valence-corrected chi connectivity index (χ4v) is 5.83. The molecule has 4 aromatic rings. The van der Waals surface area contributed by atoms with E-state index in [1.54, 1.807) is 22.9 Å². The van der Waals surface area contributed by atoms with Crippen LogP contribution in [-0.4, -0.2) is 69.8 Å². The summed E-state index contributed by atoms with van der Waals surface area (Å²) in [6, 6.07) is 16.4. The van der Waals surface area contributed by atoms with Gasteiger partial charge in [0.2, 0.25) is 0 Å². The second kappa shape index (κ2) is 8.33. The van der Waals surface area contributed by atoms with Gasteiger partial charge in [-0.3, -0.25) is 14.5 Å². The third kappa shape index (κ3) is 3.92. The van der Waals surface area contributed by atoms with Crippen LogP contribution in [0.4, 0.5) is 0 Å². The van der Waals surface area contributed by atoms with Crippen LogP contribution in [0.5, 0.6) is 0 Å². The SMILES string of the molecule is O=C(NC1CN(C2CN(C(=O)c3ccc4nc(-c5ccccc5)sc4c3)C2)C1)c1nccs1. The number of hydrogen-bond donors (Lipinski definition) is 1. The van der Waals surface area contributed by atoms with Crippen LogP contribution >= 0.6 is 22.7 Å². The summed E-state index contributed by atoms with van der Waals surface area (Å²) in [6.45, 7) is 3.09. The van der Waals surface area contributed by atoms with Crippen LogP contribution in [0.3, 0.4) is 0 Å². The van der Waals surface area contributed by atoms with Crippen molar-refractivity contribution in [1.82, 2.24) is 25.1 Å². The molecule has 2 aliphatic heterocycles. The van der Waals surface area contributed by atoms with Crippen molar-refractivity contribution in [2.24, 2.45) is 0 Å². The maximum absolute atomic E-state index is 13.0. The monoisotopic (exact) mass is 475 g/mol. The minimum atomic E-state index is -0.103. The van der Waals surface area contributed by atoms with E-state index in [0.717, 1.165) is 47.0 Å². The van der Waals surface area contributed by atoms with Crippen molar-refractivity contribution >= 4 is 44.7 Å². The molecule has 33 heavy (non-hydrogen) atoms. The molecule has 166 valence electrons. The second-order valence-electron chi connectivity index (χ2n) is 8.39. The van der Waals surface area contributed by atoms with E-state index in [0.29, 0.717) is 16.6 Å². The number of amides is 2. The fourth-order valence-electron chi connectivity index (χ4n) is 4.28. The van der Waals surface area contributed by atoms with Gasteiger partial charge in [0.1, 0.15) is 5.01 Å². The summed E-state index contributed by atoms with van der Waals surface area (Å²) in [5.74, 6) is -0.0362. The van der Waals surface area contributed by atoms with E-state index in [-0.39, 0.29) is 17.9 Å². The number of likely N-dealkylation sites (tertiary alicyclic amines) is 2. The Hall–Kier alpha value is -3.14. The van der Waals surface area contributed by atoms with Crippen molar-refractivity contribution in [3.63, 3.8) is 0 Å². The molecular formula is C24H21N5O2S2. The third-order valence-corrected chi connectivity index (χ3v) is 8.03. The number of nitrogens with zero attached hydrogens (tertiary/aromatic N) is 4. The van der Waals surface area contributed by atoms with Crippen molar-refractivity contribution in [2.45, 2.75) is 12.1 Å². The lowest BCUT2D eigenvalue weighted by Crippen LogP contribution is -2.70. The van der Waals surface area contributed by atoms with E-state index in [1.807, 2.05) is 41.3 Å². The van der Waals surface area contributed by atoms with E-state index >= 15 is 0 Å². The molecule has 0 bridgehead atoms. The van der Waals surface area contributed by atoms with E-state index in [1.165, 1.54) is 11.3 Å². The van der Waals surface area contributed by atoms with Crippen LogP contribution in [-0.2, 0) is 0 Å². The number of carbonyl (C=O) groups is 2. The molecule has 0 aliphatic carbocycles. The van der Waals surface area contributed by atoms with E-state index in [4.69, 9.17) is 4.98 Å². The van der Waals surface area contributed by atoms with Crippen molar-refractivity contribution in [2.75, 3.05) is 26.2 Å². The van der Waals surface area contributed by atoms with E-state index in [2.05, 4.69) is 27.3 Å². The Bertz CT molecular complexity index is 1310. The number of benzene rings is 2. The third-order valence-electron chi connectivity index (χ3n) is 6.19. The van der Waals surface area contributed by atoms with Gasteiger partial charge in [-0.05, 0) is 18.2 Å². The quantitative estimate of drug-likeness (QED) is 0.479. The average Bonchev–Trinajstić information content (AvgIpc) is 3.46. The highest BCUT2D eigenvalue weighted by Gasteiger charge is 2.41. The van der Waals surface area contributed by atoms with Gasteiger partial charge < -0.3 is 10.2 Å². The molecule has 0 saturated carbocycles. The maximum Gasteiger partial charge on any atom is 0.280 e. The molecule has 1 N–H and O–H groups in total. The number of aromatic nitrogens is 2. The van der Waals surface area contributed by atoms with Crippen LogP contribution in [0, 0.1) is 0 Å². The van der Waals surface area contributed by atoms with Gasteiger partial charge in [0.25, 0.3) is 11.8 Å². The molecule has 7 nitrogen and oxygen atoms in total. The van der Waals surface area contributed by atoms with Crippen molar-refractivity contribution in [3.8, 4) is 10.6 Å². The number of nitrogens with one attached hydrogen (secondary N) is 1. The summed E-state index contributed by atoms with van der Waals surface area (Å²) in [4.78, 5) is 38.1. The molecule has 2 amide bonds. The highest BCUT2D eigenvalue weighted by atomic mass is 32.1. The Morgan fingerprint density at radius 3 is 2.61 bits per heavy atom. The maximum atomic E-state index is 13.0. The molecule has 2 aromatic carbocycles. The number of fused-ring (bicyclic) bond motifs is 1. The van der Waals surface area contributed by atoms with Gasteiger partial charge >= 0.3 is 0 Å². The predicted octanol–water partition coefficient (Wildman–Crippen LogP) is 3.36. The molecule has 2 fully saturated rings. The first-order chi connectivity index (χ1) is 16.1. The largest absolute Gasteiger partial charge is 0.345 e. The van der Waals surface area contributed by atoms with Crippen LogP contribution < -0.4 is 5.32 Å². The number of rotatable bonds is 5. The normalized spacial score (nSPS) is 17.0. The molecule has 4 heterocycles. The number of hydrogen-bond acceptors (Lipinski definition) is 7. The summed E-state index contributed by atoms with van der Waals surface area (Å²) >= 11 is 2.96. The van der Waals surface area contributed by atoms with Crippen molar-refractivity contribution in [1.29, 1.82) is 0 Å². The molecule has 0 unspecified atom stereocenters. The molecule has 0 atom stereocenters. The molecule has 0 spiro atoms. The predicted molar refractivity (Wildman–Crippen MR) is 130 cm³/mol. The first-order valence-corrected chi connectivity index (χ1v) is 12.5. The van der Waals surface area contributed by atoms with Crippen LogP contribution in [0.2, 0.25) is 0 Å². The lowest BCUT2D eigenvalue weighted by atomic mass is 9.98. The van der Waals surface area contributed by atoms with Gasteiger partial charge in [-0.2, -0.15) is 0 Å². The standard InChI is InChI=1S/C24H21N5O2S2/c30-21(23-25-8-9-32-23)26-17-11-28(12-17)18-13-29(14-18)24(31)16-6-7-19-20(10-16)33-22(27-19)15-4-2-1-3-5-15/h1-10,17-18H,11-14H2,(H,26,30). The van der Waals surface area contributed by atoms with Gasteiger partial charge in [-0.25, -0.2) is 9.97 Å². The lowest BCUT2D eigenvalue weighted by Gasteiger charge is -2.51. The Kier molecular flexibility index (Phi) is 5.17. The van der Waals surface area contributed by atoms with Crippen LogP contribution in [0.25, 0.3) is 20.8 Å². The van der Waals surface area contributed by atoms with Crippen molar-refractivity contribution in [3.05, 3.63) is 70.7 Å². The fraction of sp³-hybridized carbons (Fsp3) is 0.250. The Labute approximate surface area is 198 Å². The summed E-state index contributed by atoms with van der Waals surface area (Å²) < 4.78 is 1.03. The number of thiazole rings is 2. The molecule has 0 radical (unpaired) electrons. The molecule has 6 rings (SSSR count). The molecule has 2 saturated heterocycles. The summed E-state index contributed by atoms with van der Waals surface area (Å²) in [6.07, 6.45) is 1.64. The zero-order chi connectivity index (χ0) is 22.4. The Morgan fingerprint density at radius 1 is 1.03 bits per heavy atom. The molecule has 2 aromatic heterocycles. The smallest absolute Gasteiger partial charge is 0.280 e. The summed E-state index contributed by atoms with van der Waals surface area (Å²) in [5.41, 5.74) is 2.72. The van der Waals surface area contributed by atoms with E-state index in [9.17, 15) is 9.59 Å². The molecule has 9 heteroatoms.